The van der Waals surface area contributed by atoms with E-state index in [1.807, 2.05) is 12.3 Å². The van der Waals surface area contributed by atoms with Crippen molar-refractivity contribution in [2.24, 2.45) is 5.84 Å². The van der Waals surface area contributed by atoms with E-state index in [-0.39, 0.29) is 6.04 Å². The number of hydrogen-bond donors (Lipinski definition) is 2. The first kappa shape index (κ1) is 11.8. The van der Waals surface area contributed by atoms with Gasteiger partial charge in [-0.1, -0.05) is 0 Å². The minimum absolute atomic E-state index is 0.00829. The van der Waals surface area contributed by atoms with Crippen LogP contribution in [-0.4, -0.2) is 4.98 Å². The molecule has 3 aromatic rings. The Morgan fingerprint density at radius 1 is 1.28 bits per heavy atom. The SMILES string of the molecule is Cc1cc(C(NN)c2cnc3ccsc3c2)cs1. The fraction of sp³-hybridized carbons (Fsp3) is 0.154. The van der Waals surface area contributed by atoms with Gasteiger partial charge in [0.2, 0.25) is 0 Å². The van der Waals surface area contributed by atoms with Crippen molar-refractivity contribution in [3.63, 3.8) is 0 Å². The van der Waals surface area contributed by atoms with E-state index in [1.54, 1.807) is 22.7 Å². The summed E-state index contributed by atoms with van der Waals surface area (Å²) in [4.78, 5) is 5.75. The number of hydrogen-bond acceptors (Lipinski definition) is 5. The van der Waals surface area contributed by atoms with Gasteiger partial charge in [0, 0.05) is 11.1 Å². The fourth-order valence-electron chi connectivity index (χ4n) is 2.02. The zero-order valence-corrected chi connectivity index (χ0v) is 11.5. The summed E-state index contributed by atoms with van der Waals surface area (Å²) in [5.74, 6) is 5.70. The molecular formula is C13H13N3S2. The van der Waals surface area contributed by atoms with E-state index in [1.165, 1.54) is 15.1 Å². The molecule has 1 atom stereocenters. The number of aryl methyl sites for hydroxylation is 1. The number of nitrogens with zero attached hydrogens (tertiary/aromatic N) is 1. The summed E-state index contributed by atoms with van der Waals surface area (Å²) in [7, 11) is 0. The number of fused-ring (bicyclic) bond motifs is 1. The molecule has 0 bridgehead atoms. The normalized spacial score (nSPS) is 13.0. The lowest BCUT2D eigenvalue weighted by Crippen LogP contribution is -2.28. The summed E-state index contributed by atoms with van der Waals surface area (Å²) in [6.07, 6.45) is 1.90. The molecule has 0 radical (unpaired) electrons. The van der Waals surface area contributed by atoms with Crippen molar-refractivity contribution < 1.29 is 0 Å². The lowest BCUT2D eigenvalue weighted by Gasteiger charge is -2.14. The Labute approximate surface area is 113 Å². The number of hydrazine groups is 1. The van der Waals surface area contributed by atoms with Crippen LogP contribution in [0.4, 0.5) is 0 Å². The van der Waals surface area contributed by atoms with Gasteiger partial charge < -0.3 is 0 Å². The maximum Gasteiger partial charge on any atom is 0.0809 e. The first-order valence-corrected chi connectivity index (χ1v) is 7.38. The maximum absolute atomic E-state index is 5.70. The Morgan fingerprint density at radius 2 is 2.17 bits per heavy atom. The largest absolute Gasteiger partial charge is 0.271 e. The van der Waals surface area contributed by atoms with Crippen LogP contribution in [0.25, 0.3) is 10.2 Å². The molecule has 3 nitrogen and oxygen atoms in total. The molecule has 0 saturated heterocycles. The Balaban J connectivity index is 2.04. The van der Waals surface area contributed by atoms with Gasteiger partial charge in [0.25, 0.3) is 0 Å². The summed E-state index contributed by atoms with van der Waals surface area (Å²) in [6.45, 7) is 2.10. The summed E-state index contributed by atoms with van der Waals surface area (Å²) < 4.78 is 1.19. The first-order valence-electron chi connectivity index (χ1n) is 5.62. The standard InChI is InChI=1S/C13H13N3S2/c1-8-4-10(7-18-8)13(16-14)9-5-12-11(15-6-9)2-3-17-12/h2-7,13,16H,14H2,1H3. The molecule has 0 amide bonds. The molecule has 18 heavy (non-hydrogen) atoms. The van der Waals surface area contributed by atoms with Gasteiger partial charge in [-0.25, -0.2) is 5.43 Å². The third kappa shape index (κ3) is 2.06. The van der Waals surface area contributed by atoms with Gasteiger partial charge in [-0.3, -0.25) is 10.8 Å². The first-order chi connectivity index (χ1) is 8.78. The van der Waals surface area contributed by atoms with Crippen molar-refractivity contribution in [3.8, 4) is 0 Å². The molecular weight excluding hydrogens is 262 g/mol. The molecule has 92 valence electrons. The van der Waals surface area contributed by atoms with Crippen molar-refractivity contribution in [1.29, 1.82) is 0 Å². The average molecular weight is 275 g/mol. The summed E-state index contributed by atoms with van der Waals surface area (Å²) in [6, 6.07) is 6.36. The second kappa shape index (κ2) is 4.78. The summed E-state index contributed by atoms with van der Waals surface area (Å²) in [5.41, 5.74) is 6.21. The highest BCUT2D eigenvalue weighted by molar-refractivity contribution is 7.17. The van der Waals surface area contributed by atoms with Crippen molar-refractivity contribution in [1.82, 2.24) is 10.4 Å². The van der Waals surface area contributed by atoms with Crippen LogP contribution < -0.4 is 11.3 Å². The molecule has 3 rings (SSSR count). The molecule has 3 N–H and O–H groups in total. The second-order valence-corrected chi connectivity index (χ2v) is 6.23. The molecule has 3 aromatic heterocycles. The predicted octanol–water partition coefficient (Wildman–Crippen LogP) is 3.22. The van der Waals surface area contributed by atoms with Crippen molar-refractivity contribution in [2.75, 3.05) is 0 Å². The molecule has 0 fully saturated rings. The van der Waals surface area contributed by atoms with Gasteiger partial charge >= 0.3 is 0 Å². The second-order valence-electron chi connectivity index (χ2n) is 4.16. The van der Waals surface area contributed by atoms with Gasteiger partial charge in [-0.05, 0) is 47.0 Å². The zero-order chi connectivity index (χ0) is 12.5. The number of aromatic nitrogens is 1. The lowest BCUT2D eigenvalue weighted by atomic mass is 10.0. The van der Waals surface area contributed by atoms with E-state index >= 15 is 0 Å². The summed E-state index contributed by atoms with van der Waals surface area (Å²) >= 11 is 3.44. The Hall–Kier alpha value is -1.27. The molecule has 3 heterocycles. The third-order valence-electron chi connectivity index (χ3n) is 2.91. The number of nitrogens with two attached hydrogens (primary N) is 1. The Bertz CT molecular complexity index is 671. The van der Waals surface area contributed by atoms with E-state index in [9.17, 15) is 0 Å². The van der Waals surface area contributed by atoms with Crippen LogP contribution in [0.3, 0.4) is 0 Å². The van der Waals surface area contributed by atoms with Crippen LogP contribution in [0.2, 0.25) is 0 Å². The molecule has 0 aromatic carbocycles. The Morgan fingerprint density at radius 3 is 2.89 bits per heavy atom. The van der Waals surface area contributed by atoms with Crippen LogP contribution >= 0.6 is 22.7 Å². The van der Waals surface area contributed by atoms with E-state index in [0.29, 0.717) is 0 Å². The van der Waals surface area contributed by atoms with Crippen LogP contribution in [-0.2, 0) is 0 Å². The highest BCUT2D eigenvalue weighted by Gasteiger charge is 2.14. The molecule has 1 unspecified atom stereocenters. The quantitative estimate of drug-likeness (QED) is 0.570. The molecule has 0 saturated carbocycles. The van der Waals surface area contributed by atoms with Crippen molar-refractivity contribution in [3.05, 3.63) is 51.2 Å². The van der Waals surface area contributed by atoms with E-state index in [0.717, 1.165) is 11.1 Å². The van der Waals surface area contributed by atoms with Crippen LogP contribution in [0.5, 0.6) is 0 Å². The van der Waals surface area contributed by atoms with Gasteiger partial charge in [0.15, 0.2) is 0 Å². The van der Waals surface area contributed by atoms with E-state index < -0.39 is 0 Å². The topological polar surface area (TPSA) is 50.9 Å². The monoisotopic (exact) mass is 275 g/mol. The van der Waals surface area contributed by atoms with Crippen molar-refractivity contribution >= 4 is 32.9 Å². The maximum atomic E-state index is 5.70. The minimum Gasteiger partial charge on any atom is -0.271 e. The number of nitrogens with one attached hydrogen (secondary N) is 1. The van der Waals surface area contributed by atoms with Gasteiger partial charge in [-0.15, -0.1) is 22.7 Å². The molecule has 0 aliphatic rings. The molecule has 0 aliphatic carbocycles. The lowest BCUT2D eigenvalue weighted by molar-refractivity contribution is 0.637. The highest BCUT2D eigenvalue weighted by atomic mass is 32.1. The van der Waals surface area contributed by atoms with Crippen LogP contribution in [0.15, 0.2) is 35.2 Å². The average Bonchev–Trinajstić information content (AvgIpc) is 2.99. The predicted molar refractivity (Wildman–Crippen MR) is 77.8 cm³/mol. The number of rotatable bonds is 3. The van der Waals surface area contributed by atoms with Crippen molar-refractivity contribution in [2.45, 2.75) is 13.0 Å². The summed E-state index contributed by atoms with van der Waals surface area (Å²) in [5, 5.41) is 4.19. The minimum atomic E-state index is 0.00829. The molecule has 0 aliphatic heterocycles. The highest BCUT2D eigenvalue weighted by Crippen LogP contribution is 2.28. The Kier molecular flexibility index (Phi) is 3.13. The molecule has 5 heteroatoms. The molecule has 0 spiro atoms. The van der Waals surface area contributed by atoms with E-state index in [4.69, 9.17) is 5.84 Å². The number of pyridine rings is 1. The fourth-order valence-corrected chi connectivity index (χ4v) is 3.54. The van der Waals surface area contributed by atoms with Gasteiger partial charge in [0.05, 0.1) is 16.3 Å². The van der Waals surface area contributed by atoms with Gasteiger partial charge in [0.1, 0.15) is 0 Å². The zero-order valence-electron chi connectivity index (χ0n) is 9.88. The van der Waals surface area contributed by atoms with E-state index in [2.05, 4.69) is 40.2 Å². The van der Waals surface area contributed by atoms with Gasteiger partial charge in [-0.2, -0.15) is 0 Å². The number of thiophene rings is 2. The smallest absolute Gasteiger partial charge is 0.0809 e. The third-order valence-corrected chi connectivity index (χ3v) is 4.64. The van der Waals surface area contributed by atoms with Crippen LogP contribution in [0.1, 0.15) is 22.0 Å². The van der Waals surface area contributed by atoms with Crippen LogP contribution in [0, 0.1) is 6.92 Å².